The number of amides is 2. The molecule has 0 bridgehead atoms. The van der Waals surface area contributed by atoms with Crippen molar-refractivity contribution in [3.63, 3.8) is 0 Å². The number of hydrogen-bond donors (Lipinski definition) is 3. The van der Waals surface area contributed by atoms with E-state index < -0.39 is 5.82 Å². The Morgan fingerprint density at radius 2 is 2.16 bits per heavy atom. The second kappa shape index (κ2) is 8.20. The number of nitrogens with one attached hydrogen (secondary N) is 3. The predicted molar refractivity (Wildman–Crippen MR) is 116 cm³/mol. The van der Waals surface area contributed by atoms with Gasteiger partial charge in [-0.05, 0) is 44.7 Å². The maximum atomic E-state index is 14.3. The van der Waals surface area contributed by atoms with Crippen LogP contribution < -0.4 is 15.4 Å². The van der Waals surface area contributed by atoms with E-state index in [9.17, 15) is 14.0 Å². The van der Waals surface area contributed by atoms with E-state index in [0.29, 0.717) is 42.1 Å². The Balaban J connectivity index is 1.28. The number of rotatable bonds is 5. The van der Waals surface area contributed by atoms with Gasteiger partial charge in [-0.3, -0.25) is 9.59 Å². The third kappa shape index (κ3) is 3.85. The van der Waals surface area contributed by atoms with E-state index in [1.165, 1.54) is 13.2 Å². The lowest BCUT2D eigenvalue weighted by atomic mass is 9.87. The first kappa shape index (κ1) is 20.9. The average Bonchev–Trinajstić information content (AvgIpc) is 3.20. The highest BCUT2D eigenvalue weighted by Crippen LogP contribution is 2.50. The van der Waals surface area contributed by atoms with Crippen molar-refractivity contribution in [3.05, 3.63) is 35.9 Å². The van der Waals surface area contributed by atoms with Crippen LogP contribution in [-0.4, -0.2) is 65.0 Å². The first-order chi connectivity index (χ1) is 15.5. The molecule has 170 valence electrons. The van der Waals surface area contributed by atoms with Crippen LogP contribution in [0.15, 0.2) is 24.5 Å². The number of H-pyrrole nitrogens is 1. The van der Waals surface area contributed by atoms with Gasteiger partial charge in [-0.2, -0.15) is 0 Å². The van der Waals surface area contributed by atoms with Gasteiger partial charge in [0.25, 0.3) is 5.91 Å². The van der Waals surface area contributed by atoms with E-state index in [4.69, 9.17) is 4.74 Å². The second-order valence-electron chi connectivity index (χ2n) is 9.08. The first-order valence-corrected chi connectivity index (χ1v) is 11.2. The fourth-order valence-electron chi connectivity index (χ4n) is 5.02. The summed E-state index contributed by atoms with van der Waals surface area (Å²) >= 11 is 0. The van der Waals surface area contributed by atoms with Crippen molar-refractivity contribution in [2.24, 2.45) is 5.92 Å². The van der Waals surface area contributed by atoms with Crippen LogP contribution in [0.25, 0.3) is 11.3 Å². The molecule has 1 aliphatic carbocycles. The maximum absolute atomic E-state index is 14.3. The maximum Gasteiger partial charge on any atom is 0.255 e. The van der Waals surface area contributed by atoms with Crippen LogP contribution in [0, 0.1) is 11.7 Å². The van der Waals surface area contributed by atoms with Gasteiger partial charge in [0.15, 0.2) is 5.82 Å². The molecule has 1 spiro atoms. The van der Waals surface area contributed by atoms with Gasteiger partial charge in [0.2, 0.25) is 11.8 Å². The molecule has 4 heterocycles. The van der Waals surface area contributed by atoms with E-state index >= 15 is 0 Å². The molecule has 2 aliphatic heterocycles. The van der Waals surface area contributed by atoms with E-state index in [0.717, 1.165) is 38.5 Å². The molecule has 2 saturated heterocycles. The zero-order valence-corrected chi connectivity index (χ0v) is 18.1. The quantitative estimate of drug-likeness (QED) is 0.660. The summed E-state index contributed by atoms with van der Waals surface area (Å²) in [7, 11) is 1.47. The van der Waals surface area contributed by atoms with Crippen molar-refractivity contribution in [2.45, 2.75) is 43.7 Å². The summed E-state index contributed by atoms with van der Waals surface area (Å²) in [5, 5.41) is 6.43. The molecule has 3 aliphatic rings. The lowest BCUT2D eigenvalue weighted by Crippen LogP contribution is -2.51. The number of ether oxygens (including phenoxy) is 1. The Morgan fingerprint density at radius 3 is 2.88 bits per heavy atom. The molecular weight excluding hydrogens is 413 g/mol. The number of hydrogen-bond acceptors (Lipinski definition) is 5. The second-order valence-corrected chi connectivity index (χ2v) is 9.08. The van der Waals surface area contributed by atoms with Crippen molar-refractivity contribution in [1.82, 2.24) is 25.5 Å². The molecule has 32 heavy (non-hydrogen) atoms. The highest BCUT2D eigenvalue weighted by atomic mass is 19.1. The molecule has 9 heteroatoms. The summed E-state index contributed by atoms with van der Waals surface area (Å²) in [6.45, 7) is 2.32. The van der Waals surface area contributed by atoms with Crippen LogP contribution in [0.5, 0.6) is 5.88 Å². The minimum Gasteiger partial charge on any atom is -0.481 e. The number of halogens is 1. The van der Waals surface area contributed by atoms with Crippen LogP contribution >= 0.6 is 0 Å². The minimum absolute atomic E-state index is 0.0534. The SMILES string of the molecule is COc1cc(-c2cc(C(=O)N3CC[C@H](C(=O)NC4CCNC4)CC34CC4)c[nH]2)c(F)cn1. The zero-order chi connectivity index (χ0) is 22.3. The summed E-state index contributed by atoms with van der Waals surface area (Å²) in [5.41, 5.74) is 1.06. The van der Waals surface area contributed by atoms with Crippen molar-refractivity contribution in [3.8, 4) is 17.1 Å². The van der Waals surface area contributed by atoms with Gasteiger partial charge in [0.05, 0.1) is 18.9 Å². The number of nitrogens with zero attached hydrogens (tertiary/aromatic N) is 2. The minimum atomic E-state index is -0.491. The number of aromatic nitrogens is 2. The topological polar surface area (TPSA) is 99.4 Å². The van der Waals surface area contributed by atoms with Gasteiger partial charge in [-0.1, -0.05) is 0 Å². The zero-order valence-electron chi connectivity index (χ0n) is 18.1. The molecule has 0 aromatic carbocycles. The third-order valence-corrected chi connectivity index (χ3v) is 7.01. The van der Waals surface area contributed by atoms with Crippen LogP contribution in [-0.2, 0) is 4.79 Å². The highest BCUT2D eigenvalue weighted by molar-refractivity contribution is 5.96. The smallest absolute Gasteiger partial charge is 0.255 e. The Morgan fingerprint density at radius 1 is 1.31 bits per heavy atom. The van der Waals surface area contributed by atoms with Crippen LogP contribution in [0.4, 0.5) is 4.39 Å². The van der Waals surface area contributed by atoms with Crippen LogP contribution in [0.3, 0.4) is 0 Å². The third-order valence-electron chi connectivity index (χ3n) is 7.01. The van der Waals surface area contributed by atoms with Crippen LogP contribution in [0.2, 0.25) is 0 Å². The van der Waals surface area contributed by atoms with Crippen molar-refractivity contribution >= 4 is 11.8 Å². The van der Waals surface area contributed by atoms with Gasteiger partial charge < -0.3 is 25.3 Å². The molecule has 3 N–H and O–H groups in total. The van der Waals surface area contributed by atoms with E-state index in [1.807, 2.05) is 4.90 Å². The summed E-state index contributed by atoms with van der Waals surface area (Å²) in [6.07, 6.45) is 6.89. The largest absolute Gasteiger partial charge is 0.481 e. The Bertz CT molecular complexity index is 1030. The molecule has 3 fully saturated rings. The molecule has 5 rings (SSSR count). The average molecular weight is 442 g/mol. The van der Waals surface area contributed by atoms with Crippen molar-refractivity contribution in [2.75, 3.05) is 26.7 Å². The normalized spacial score (nSPS) is 23.9. The lowest BCUT2D eigenvalue weighted by molar-refractivity contribution is -0.127. The summed E-state index contributed by atoms with van der Waals surface area (Å²) in [5.74, 6) is -0.208. The molecule has 2 amide bonds. The van der Waals surface area contributed by atoms with Crippen molar-refractivity contribution in [1.29, 1.82) is 0 Å². The van der Waals surface area contributed by atoms with Gasteiger partial charge in [-0.15, -0.1) is 0 Å². The molecule has 1 saturated carbocycles. The molecule has 8 nitrogen and oxygen atoms in total. The Labute approximate surface area is 185 Å². The molecule has 2 aromatic rings. The predicted octanol–water partition coefficient (Wildman–Crippen LogP) is 2.09. The number of piperidine rings is 1. The molecule has 1 unspecified atom stereocenters. The molecule has 2 aromatic heterocycles. The fraction of sp³-hybridized carbons (Fsp3) is 0.522. The van der Waals surface area contributed by atoms with Gasteiger partial charge in [0.1, 0.15) is 0 Å². The molecule has 0 radical (unpaired) electrons. The lowest BCUT2D eigenvalue weighted by Gasteiger charge is -2.40. The standard InChI is InChI=1S/C23H28FN5O3/c1-32-20-9-17(18(24)13-27-20)19-8-15(11-26-19)22(31)29-7-3-14(10-23(29)4-5-23)21(30)28-16-2-6-25-12-16/h8-9,11,13-14,16,25-26H,2-7,10,12H2,1H3,(H,28,30)/t14-,16?/m0/s1. The van der Waals surface area contributed by atoms with E-state index in [-0.39, 0.29) is 29.3 Å². The number of likely N-dealkylation sites (tertiary alicyclic amines) is 1. The molecule has 2 atom stereocenters. The number of aromatic amines is 1. The van der Waals surface area contributed by atoms with E-state index in [1.54, 1.807) is 12.3 Å². The van der Waals surface area contributed by atoms with Crippen molar-refractivity contribution < 1.29 is 18.7 Å². The number of carbonyl (C=O) groups excluding carboxylic acids is 2. The Hall–Kier alpha value is -2.94. The fourth-order valence-corrected chi connectivity index (χ4v) is 5.02. The van der Waals surface area contributed by atoms with E-state index in [2.05, 4.69) is 20.6 Å². The first-order valence-electron chi connectivity index (χ1n) is 11.2. The number of carbonyl (C=O) groups is 2. The number of pyridine rings is 1. The van der Waals surface area contributed by atoms with Gasteiger partial charge in [0, 0.05) is 54.1 Å². The van der Waals surface area contributed by atoms with Gasteiger partial charge >= 0.3 is 0 Å². The summed E-state index contributed by atoms with van der Waals surface area (Å²) in [6, 6.07) is 3.38. The summed E-state index contributed by atoms with van der Waals surface area (Å²) in [4.78, 5) is 34.9. The monoisotopic (exact) mass is 441 g/mol. The number of methoxy groups -OCH3 is 1. The molecular formula is C23H28FN5O3. The summed E-state index contributed by atoms with van der Waals surface area (Å²) < 4.78 is 19.4. The Kier molecular flexibility index (Phi) is 5.36. The van der Waals surface area contributed by atoms with Crippen LogP contribution in [0.1, 0.15) is 42.5 Å². The highest BCUT2D eigenvalue weighted by Gasteiger charge is 2.54. The van der Waals surface area contributed by atoms with Gasteiger partial charge in [-0.25, -0.2) is 9.37 Å².